The maximum Gasteiger partial charge on any atom is 0.138 e. The first kappa shape index (κ1) is 9.52. The molecule has 0 aliphatic rings. The van der Waals surface area contributed by atoms with Gasteiger partial charge in [-0.05, 0) is 19.8 Å². The van der Waals surface area contributed by atoms with Crippen LogP contribution in [0.3, 0.4) is 0 Å². The van der Waals surface area contributed by atoms with Crippen LogP contribution < -0.4 is 0 Å². The third-order valence-electron chi connectivity index (χ3n) is 1.78. The lowest BCUT2D eigenvalue weighted by molar-refractivity contribution is 0.600. The molecule has 0 fully saturated rings. The van der Waals surface area contributed by atoms with Gasteiger partial charge in [-0.2, -0.15) is 5.10 Å². The summed E-state index contributed by atoms with van der Waals surface area (Å²) < 4.78 is 1.92. The molecular weight excluding hydrogens is 174 g/mol. The molecule has 0 aliphatic heterocycles. The smallest absolute Gasteiger partial charge is 0.138 e. The first-order chi connectivity index (χ1) is 5.88. The van der Waals surface area contributed by atoms with Gasteiger partial charge in [-0.15, -0.1) is 11.6 Å². The van der Waals surface area contributed by atoms with Crippen molar-refractivity contribution >= 4 is 11.6 Å². The number of nitrogens with zero attached hydrogens (tertiary/aromatic N) is 3. The summed E-state index contributed by atoms with van der Waals surface area (Å²) in [4.78, 5) is 4.17. The number of aryl methyl sites for hydroxylation is 2. The van der Waals surface area contributed by atoms with Crippen LogP contribution in [0.2, 0.25) is 0 Å². The summed E-state index contributed by atoms with van der Waals surface area (Å²) in [6.45, 7) is 2.97. The van der Waals surface area contributed by atoms with Crippen LogP contribution in [0.5, 0.6) is 0 Å². The first-order valence-corrected chi connectivity index (χ1v) is 4.84. The highest BCUT2D eigenvalue weighted by atomic mass is 35.5. The van der Waals surface area contributed by atoms with Crippen LogP contribution in [0.15, 0.2) is 6.33 Å². The second-order valence-electron chi connectivity index (χ2n) is 2.64. The maximum absolute atomic E-state index is 5.57. The Morgan fingerprint density at radius 1 is 1.50 bits per heavy atom. The maximum atomic E-state index is 5.57. The Bertz CT molecular complexity index is 222. The predicted molar refractivity (Wildman–Crippen MR) is 49.4 cm³/mol. The van der Waals surface area contributed by atoms with E-state index < -0.39 is 0 Å². The summed E-state index contributed by atoms with van der Waals surface area (Å²) in [5.41, 5.74) is 0. The van der Waals surface area contributed by atoms with Gasteiger partial charge in [0.25, 0.3) is 0 Å². The van der Waals surface area contributed by atoms with Crippen LogP contribution in [0.1, 0.15) is 25.6 Å². The van der Waals surface area contributed by atoms with Gasteiger partial charge >= 0.3 is 0 Å². The standard InChI is InChI=1S/C8H14ClN3/c1-2-12-8(10-7-11-12)5-3-4-6-9/h7H,2-6H2,1H3. The van der Waals surface area contributed by atoms with E-state index in [9.17, 15) is 0 Å². The fourth-order valence-electron chi connectivity index (χ4n) is 1.12. The second kappa shape index (κ2) is 5.14. The van der Waals surface area contributed by atoms with E-state index in [1.807, 2.05) is 4.68 Å². The van der Waals surface area contributed by atoms with Gasteiger partial charge in [-0.3, -0.25) is 4.68 Å². The van der Waals surface area contributed by atoms with Crippen molar-refractivity contribution in [2.75, 3.05) is 5.88 Å². The summed E-state index contributed by atoms with van der Waals surface area (Å²) >= 11 is 5.57. The number of rotatable bonds is 5. The molecule has 0 spiro atoms. The summed E-state index contributed by atoms with van der Waals surface area (Å²) in [5.74, 6) is 1.81. The van der Waals surface area contributed by atoms with Crippen molar-refractivity contribution in [2.24, 2.45) is 0 Å². The van der Waals surface area contributed by atoms with Crippen molar-refractivity contribution in [3.8, 4) is 0 Å². The van der Waals surface area contributed by atoms with E-state index in [2.05, 4.69) is 17.0 Å². The predicted octanol–water partition coefficient (Wildman–Crippen LogP) is 1.86. The second-order valence-corrected chi connectivity index (χ2v) is 3.02. The topological polar surface area (TPSA) is 30.7 Å². The number of aromatic nitrogens is 3. The van der Waals surface area contributed by atoms with Crippen LogP contribution in [0.25, 0.3) is 0 Å². The molecule has 0 aromatic carbocycles. The summed E-state index contributed by atoms with van der Waals surface area (Å²) in [5, 5.41) is 4.09. The molecule has 68 valence electrons. The molecule has 0 saturated carbocycles. The Balaban J connectivity index is 2.39. The van der Waals surface area contributed by atoms with Crippen molar-refractivity contribution in [2.45, 2.75) is 32.7 Å². The average Bonchev–Trinajstić information content (AvgIpc) is 2.52. The van der Waals surface area contributed by atoms with Crippen molar-refractivity contribution in [1.82, 2.24) is 14.8 Å². The number of hydrogen-bond donors (Lipinski definition) is 0. The highest BCUT2D eigenvalue weighted by molar-refractivity contribution is 6.17. The number of halogens is 1. The largest absolute Gasteiger partial charge is 0.250 e. The molecule has 0 amide bonds. The molecule has 0 saturated heterocycles. The zero-order valence-electron chi connectivity index (χ0n) is 7.33. The highest BCUT2D eigenvalue weighted by Gasteiger charge is 2.00. The Labute approximate surface area is 77.8 Å². The number of alkyl halides is 1. The number of hydrogen-bond acceptors (Lipinski definition) is 2. The Morgan fingerprint density at radius 2 is 2.33 bits per heavy atom. The van der Waals surface area contributed by atoms with E-state index in [0.717, 1.165) is 37.5 Å². The number of unbranched alkanes of at least 4 members (excludes halogenated alkanes) is 1. The van der Waals surface area contributed by atoms with Gasteiger partial charge in [0.2, 0.25) is 0 Å². The van der Waals surface area contributed by atoms with Gasteiger partial charge in [0.15, 0.2) is 0 Å². The first-order valence-electron chi connectivity index (χ1n) is 4.31. The zero-order chi connectivity index (χ0) is 8.81. The van der Waals surface area contributed by atoms with Crippen LogP contribution in [-0.4, -0.2) is 20.6 Å². The highest BCUT2D eigenvalue weighted by Crippen LogP contribution is 2.01. The summed E-state index contributed by atoms with van der Waals surface area (Å²) in [6, 6.07) is 0. The molecule has 0 radical (unpaired) electrons. The molecule has 1 rings (SSSR count). The van der Waals surface area contributed by atoms with Crippen LogP contribution in [-0.2, 0) is 13.0 Å². The molecule has 0 unspecified atom stereocenters. The molecule has 0 atom stereocenters. The van der Waals surface area contributed by atoms with Crippen molar-refractivity contribution < 1.29 is 0 Å². The third-order valence-corrected chi connectivity index (χ3v) is 2.05. The molecule has 3 nitrogen and oxygen atoms in total. The lowest BCUT2D eigenvalue weighted by Gasteiger charge is -2.00. The minimum Gasteiger partial charge on any atom is -0.250 e. The lowest BCUT2D eigenvalue weighted by Crippen LogP contribution is -2.03. The van der Waals surface area contributed by atoms with E-state index in [-0.39, 0.29) is 0 Å². The van der Waals surface area contributed by atoms with E-state index in [0.29, 0.717) is 0 Å². The van der Waals surface area contributed by atoms with E-state index >= 15 is 0 Å². The van der Waals surface area contributed by atoms with Crippen molar-refractivity contribution in [3.63, 3.8) is 0 Å². The minimum absolute atomic E-state index is 0.736. The quantitative estimate of drug-likeness (QED) is 0.521. The monoisotopic (exact) mass is 187 g/mol. The SMILES string of the molecule is CCn1ncnc1CCCCCl. The fraction of sp³-hybridized carbons (Fsp3) is 0.750. The average molecular weight is 188 g/mol. The van der Waals surface area contributed by atoms with Gasteiger partial charge in [-0.1, -0.05) is 0 Å². The fourth-order valence-corrected chi connectivity index (χ4v) is 1.31. The Kier molecular flexibility index (Phi) is 4.08. The molecule has 4 heteroatoms. The van der Waals surface area contributed by atoms with Crippen LogP contribution in [0, 0.1) is 0 Å². The normalized spacial score (nSPS) is 10.5. The molecule has 0 aliphatic carbocycles. The van der Waals surface area contributed by atoms with Gasteiger partial charge < -0.3 is 0 Å². The molecule has 1 heterocycles. The lowest BCUT2D eigenvalue weighted by atomic mass is 10.2. The van der Waals surface area contributed by atoms with Gasteiger partial charge in [0.05, 0.1) is 0 Å². The van der Waals surface area contributed by atoms with Crippen LogP contribution >= 0.6 is 11.6 Å². The molecule has 0 N–H and O–H groups in total. The zero-order valence-corrected chi connectivity index (χ0v) is 8.09. The minimum atomic E-state index is 0.736. The van der Waals surface area contributed by atoms with Crippen molar-refractivity contribution in [1.29, 1.82) is 0 Å². The molecule has 12 heavy (non-hydrogen) atoms. The Hall–Kier alpha value is -0.570. The van der Waals surface area contributed by atoms with Gasteiger partial charge in [-0.25, -0.2) is 4.98 Å². The van der Waals surface area contributed by atoms with E-state index in [1.54, 1.807) is 6.33 Å². The van der Waals surface area contributed by atoms with E-state index in [1.165, 1.54) is 0 Å². The molecule has 1 aromatic heterocycles. The summed E-state index contributed by atoms with van der Waals surface area (Å²) in [6.07, 6.45) is 4.75. The van der Waals surface area contributed by atoms with Crippen molar-refractivity contribution in [3.05, 3.63) is 12.2 Å². The Morgan fingerprint density at radius 3 is 3.00 bits per heavy atom. The summed E-state index contributed by atoms with van der Waals surface area (Å²) in [7, 11) is 0. The molecular formula is C8H14ClN3. The van der Waals surface area contributed by atoms with Crippen LogP contribution in [0.4, 0.5) is 0 Å². The molecule has 0 bridgehead atoms. The van der Waals surface area contributed by atoms with Gasteiger partial charge in [0, 0.05) is 18.8 Å². The molecule has 1 aromatic rings. The van der Waals surface area contributed by atoms with E-state index in [4.69, 9.17) is 11.6 Å². The third kappa shape index (κ3) is 2.48. The van der Waals surface area contributed by atoms with Gasteiger partial charge in [0.1, 0.15) is 12.2 Å².